The number of amides is 3. The summed E-state index contributed by atoms with van der Waals surface area (Å²) in [5.41, 5.74) is 0.613. The zero-order valence-electron chi connectivity index (χ0n) is 17.3. The van der Waals surface area contributed by atoms with Gasteiger partial charge in [0.1, 0.15) is 11.0 Å². The topological polar surface area (TPSA) is 114 Å². The molecule has 2 atom stereocenters. The fourth-order valence-electron chi connectivity index (χ4n) is 3.17. The SMILES string of the molecule is CCOC(=O)[C@@H](C)NC(=O)N1CCC[C@H](c2nnc(C(=O)Nc3ccc(Cl)cc3)s2)C1. The molecule has 0 unspecified atom stereocenters. The number of nitrogens with zero attached hydrogens (tertiary/aromatic N) is 3. The van der Waals surface area contributed by atoms with E-state index in [2.05, 4.69) is 20.8 Å². The van der Waals surface area contributed by atoms with Crippen molar-refractivity contribution in [1.29, 1.82) is 0 Å². The molecule has 9 nitrogen and oxygen atoms in total. The van der Waals surface area contributed by atoms with Crippen molar-refractivity contribution < 1.29 is 19.1 Å². The number of hydrogen-bond acceptors (Lipinski definition) is 7. The lowest BCUT2D eigenvalue weighted by atomic mass is 9.99. The Morgan fingerprint density at radius 1 is 1.29 bits per heavy atom. The van der Waals surface area contributed by atoms with E-state index in [1.54, 1.807) is 43.0 Å². The quantitative estimate of drug-likeness (QED) is 0.633. The van der Waals surface area contributed by atoms with Crippen LogP contribution in [0.3, 0.4) is 0 Å². The predicted octanol–water partition coefficient (Wildman–Crippen LogP) is 3.28. The molecule has 2 aromatic rings. The van der Waals surface area contributed by atoms with Gasteiger partial charge in [0.15, 0.2) is 0 Å². The number of carbonyl (C=O) groups excluding carboxylic acids is 3. The van der Waals surface area contributed by atoms with Crippen molar-refractivity contribution in [3.8, 4) is 0 Å². The first-order valence-corrected chi connectivity index (χ1v) is 11.2. The highest BCUT2D eigenvalue weighted by Gasteiger charge is 2.29. The van der Waals surface area contributed by atoms with Gasteiger partial charge in [-0.2, -0.15) is 0 Å². The molecule has 0 radical (unpaired) electrons. The normalized spacial score (nSPS) is 17.0. The zero-order chi connectivity index (χ0) is 22.4. The molecule has 1 fully saturated rings. The van der Waals surface area contributed by atoms with Gasteiger partial charge in [0.25, 0.3) is 5.91 Å². The monoisotopic (exact) mass is 465 g/mol. The maximum atomic E-state index is 12.5. The van der Waals surface area contributed by atoms with Crippen molar-refractivity contribution in [1.82, 2.24) is 20.4 Å². The lowest BCUT2D eigenvalue weighted by molar-refractivity contribution is -0.144. The molecule has 0 aliphatic carbocycles. The Bertz CT molecular complexity index is 936. The summed E-state index contributed by atoms with van der Waals surface area (Å²) in [4.78, 5) is 38.4. The molecule has 2 heterocycles. The second kappa shape index (κ2) is 10.5. The number of urea groups is 1. The van der Waals surface area contributed by atoms with Crippen molar-refractivity contribution in [2.24, 2.45) is 0 Å². The number of esters is 1. The molecule has 31 heavy (non-hydrogen) atoms. The van der Waals surface area contributed by atoms with Crippen molar-refractivity contribution in [3.05, 3.63) is 39.3 Å². The number of benzene rings is 1. The standard InChI is InChI=1S/C20H24ClN5O4S/c1-3-30-19(28)12(2)22-20(29)26-10-4-5-13(11-26)17-24-25-18(31-17)16(27)23-15-8-6-14(21)7-9-15/h6-9,12-13H,3-5,10-11H2,1-2H3,(H,22,29)(H,23,27)/t12-,13+/m1/s1. The van der Waals surface area contributed by atoms with Crippen molar-refractivity contribution in [2.45, 2.75) is 38.6 Å². The highest BCUT2D eigenvalue weighted by atomic mass is 35.5. The van der Waals surface area contributed by atoms with Crippen molar-refractivity contribution in [2.75, 3.05) is 25.0 Å². The largest absolute Gasteiger partial charge is 0.464 e. The molecule has 3 amide bonds. The van der Waals surface area contributed by atoms with Crippen molar-refractivity contribution in [3.63, 3.8) is 0 Å². The number of aromatic nitrogens is 2. The summed E-state index contributed by atoms with van der Waals surface area (Å²) < 4.78 is 4.92. The van der Waals surface area contributed by atoms with Crippen LogP contribution in [0, 0.1) is 0 Å². The van der Waals surface area contributed by atoms with Crippen LogP contribution >= 0.6 is 22.9 Å². The van der Waals surface area contributed by atoms with E-state index in [0.29, 0.717) is 28.8 Å². The van der Waals surface area contributed by atoms with Crippen LogP contribution in [0.15, 0.2) is 24.3 Å². The maximum absolute atomic E-state index is 12.5. The van der Waals surface area contributed by atoms with Crippen LogP contribution in [0.1, 0.15) is 47.4 Å². The van der Waals surface area contributed by atoms with E-state index in [9.17, 15) is 14.4 Å². The van der Waals surface area contributed by atoms with Gasteiger partial charge < -0.3 is 20.3 Å². The van der Waals surface area contributed by atoms with Gasteiger partial charge in [0.2, 0.25) is 5.01 Å². The molecule has 1 saturated heterocycles. The average Bonchev–Trinajstić information content (AvgIpc) is 3.26. The lowest BCUT2D eigenvalue weighted by Gasteiger charge is -2.32. The molecule has 1 aromatic carbocycles. The summed E-state index contributed by atoms with van der Waals surface area (Å²) in [5.74, 6) is -0.836. The van der Waals surface area contributed by atoms with Gasteiger partial charge in [-0.05, 0) is 51.0 Å². The number of hydrogen-bond donors (Lipinski definition) is 2. The third-order valence-corrected chi connectivity index (χ3v) is 6.11. The number of piperidine rings is 1. The smallest absolute Gasteiger partial charge is 0.328 e. The molecule has 0 bridgehead atoms. The Balaban J connectivity index is 1.58. The number of likely N-dealkylation sites (tertiary alicyclic amines) is 1. The molecule has 166 valence electrons. The molecule has 3 rings (SSSR count). The Kier molecular flexibility index (Phi) is 7.80. The van der Waals surface area contributed by atoms with E-state index < -0.39 is 12.0 Å². The van der Waals surface area contributed by atoms with E-state index >= 15 is 0 Å². The first-order chi connectivity index (χ1) is 14.9. The third-order valence-electron chi connectivity index (χ3n) is 4.77. The number of carbonyl (C=O) groups is 3. The summed E-state index contributed by atoms with van der Waals surface area (Å²) in [6, 6.07) is 5.74. The molecule has 0 spiro atoms. The number of ether oxygens (including phenoxy) is 1. The number of nitrogens with one attached hydrogen (secondary N) is 2. The summed E-state index contributed by atoms with van der Waals surface area (Å²) >= 11 is 7.07. The Morgan fingerprint density at radius 3 is 2.74 bits per heavy atom. The Labute approximate surface area is 189 Å². The summed E-state index contributed by atoms with van der Waals surface area (Å²) in [7, 11) is 0. The molecule has 1 aromatic heterocycles. The van der Waals surface area contributed by atoms with Crippen LogP contribution in [-0.2, 0) is 9.53 Å². The van der Waals surface area contributed by atoms with E-state index in [0.717, 1.165) is 12.8 Å². The van der Waals surface area contributed by atoms with Gasteiger partial charge in [-0.25, -0.2) is 9.59 Å². The average molecular weight is 466 g/mol. The van der Waals surface area contributed by atoms with Gasteiger partial charge in [-0.15, -0.1) is 10.2 Å². The minimum absolute atomic E-state index is 0.0213. The van der Waals surface area contributed by atoms with Gasteiger partial charge in [0.05, 0.1) is 6.61 Å². The summed E-state index contributed by atoms with van der Waals surface area (Å²) in [6.45, 7) is 4.59. The minimum Gasteiger partial charge on any atom is -0.464 e. The van der Waals surface area contributed by atoms with Crippen LogP contribution in [0.4, 0.5) is 10.5 Å². The zero-order valence-corrected chi connectivity index (χ0v) is 18.8. The number of rotatable bonds is 6. The molecular formula is C20H24ClN5O4S. The summed E-state index contributed by atoms with van der Waals surface area (Å²) in [5, 5.41) is 15.2. The van der Waals surface area contributed by atoms with Crippen LogP contribution in [0.5, 0.6) is 0 Å². The molecule has 2 N–H and O–H groups in total. The summed E-state index contributed by atoms with van der Waals surface area (Å²) in [6.07, 6.45) is 1.63. The Hall–Kier alpha value is -2.72. The fraction of sp³-hybridized carbons (Fsp3) is 0.450. The van der Waals surface area contributed by atoms with Crippen LogP contribution < -0.4 is 10.6 Å². The first kappa shape index (κ1) is 23.0. The second-order valence-electron chi connectivity index (χ2n) is 7.11. The van der Waals surface area contributed by atoms with Gasteiger partial charge in [-0.3, -0.25) is 4.79 Å². The van der Waals surface area contributed by atoms with Gasteiger partial charge in [-0.1, -0.05) is 22.9 Å². The van der Waals surface area contributed by atoms with E-state index in [-0.39, 0.29) is 29.5 Å². The van der Waals surface area contributed by atoms with E-state index in [1.165, 1.54) is 11.3 Å². The second-order valence-corrected chi connectivity index (χ2v) is 8.56. The number of halogens is 1. The third kappa shape index (κ3) is 6.14. The predicted molar refractivity (Wildman–Crippen MR) is 117 cm³/mol. The first-order valence-electron chi connectivity index (χ1n) is 9.99. The maximum Gasteiger partial charge on any atom is 0.328 e. The molecule has 1 aliphatic heterocycles. The molecule has 1 aliphatic rings. The van der Waals surface area contributed by atoms with Gasteiger partial charge >= 0.3 is 12.0 Å². The van der Waals surface area contributed by atoms with Crippen LogP contribution in [0.2, 0.25) is 5.02 Å². The fourth-order valence-corrected chi connectivity index (χ4v) is 4.17. The lowest BCUT2D eigenvalue weighted by Crippen LogP contribution is -2.49. The van der Waals surface area contributed by atoms with Gasteiger partial charge in [0, 0.05) is 29.7 Å². The highest BCUT2D eigenvalue weighted by molar-refractivity contribution is 7.13. The van der Waals surface area contributed by atoms with Crippen LogP contribution in [-0.4, -0.2) is 58.7 Å². The van der Waals surface area contributed by atoms with Crippen LogP contribution in [0.25, 0.3) is 0 Å². The van der Waals surface area contributed by atoms with E-state index in [4.69, 9.17) is 16.3 Å². The molecule has 0 saturated carbocycles. The highest BCUT2D eigenvalue weighted by Crippen LogP contribution is 2.29. The minimum atomic E-state index is -0.725. The molecular weight excluding hydrogens is 442 g/mol. The number of anilines is 1. The van der Waals surface area contributed by atoms with Crippen molar-refractivity contribution >= 4 is 46.5 Å². The Morgan fingerprint density at radius 2 is 2.03 bits per heavy atom. The molecule has 11 heteroatoms. The van der Waals surface area contributed by atoms with E-state index in [1.807, 2.05) is 0 Å².